The minimum atomic E-state index is -4.29. The second-order valence-corrected chi connectivity index (χ2v) is 6.70. The number of alkyl halides is 3. The molecule has 0 unspecified atom stereocenters. The van der Waals surface area contributed by atoms with E-state index in [1.165, 1.54) is 37.0 Å². The minimum absolute atomic E-state index is 0.0664. The molecule has 0 heterocycles. The third kappa shape index (κ3) is 3.34. The van der Waals surface area contributed by atoms with Crippen LogP contribution in [0.1, 0.15) is 43.2 Å². The van der Waals surface area contributed by atoms with Crippen LogP contribution in [0, 0.1) is 0 Å². The molecule has 1 saturated carbocycles. The van der Waals surface area contributed by atoms with Crippen LogP contribution in [-0.4, -0.2) is 6.54 Å². The standard InChI is InChI=1S/C20H22F3N/c21-20(22,23)18-10-6-16(7-11-18)15-4-8-17(9-5-15)19(14-24)12-2-1-3-13-19/h4-11H,1-3,12-14,24H2. The molecular formula is C20H22F3N. The predicted octanol–water partition coefficient (Wildman–Crippen LogP) is 5.53. The molecule has 1 fully saturated rings. The largest absolute Gasteiger partial charge is 0.416 e. The lowest BCUT2D eigenvalue weighted by atomic mass is 9.69. The van der Waals surface area contributed by atoms with Crippen molar-refractivity contribution in [2.24, 2.45) is 5.73 Å². The summed E-state index contributed by atoms with van der Waals surface area (Å²) in [7, 11) is 0. The van der Waals surface area contributed by atoms with Gasteiger partial charge in [0.05, 0.1) is 5.56 Å². The maximum atomic E-state index is 12.7. The first kappa shape index (κ1) is 17.0. The van der Waals surface area contributed by atoms with Gasteiger partial charge in [0.2, 0.25) is 0 Å². The van der Waals surface area contributed by atoms with Gasteiger partial charge in [0.25, 0.3) is 0 Å². The lowest BCUT2D eigenvalue weighted by Crippen LogP contribution is -2.37. The topological polar surface area (TPSA) is 26.0 Å². The van der Waals surface area contributed by atoms with Crippen LogP contribution in [0.4, 0.5) is 13.2 Å². The maximum absolute atomic E-state index is 12.7. The molecule has 0 spiro atoms. The molecule has 0 bridgehead atoms. The van der Waals surface area contributed by atoms with Gasteiger partial charge in [-0.05, 0) is 41.7 Å². The lowest BCUT2D eigenvalue weighted by molar-refractivity contribution is -0.137. The highest BCUT2D eigenvalue weighted by Gasteiger charge is 2.32. The van der Waals surface area contributed by atoms with E-state index < -0.39 is 11.7 Å². The molecule has 1 aliphatic rings. The highest BCUT2D eigenvalue weighted by molar-refractivity contribution is 5.64. The molecule has 3 rings (SSSR count). The Bertz CT molecular complexity index is 666. The molecule has 0 radical (unpaired) electrons. The molecule has 2 aromatic rings. The number of benzene rings is 2. The van der Waals surface area contributed by atoms with Crippen LogP contribution in [0.25, 0.3) is 11.1 Å². The summed E-state index contributed by atoms with van der Waals surface area (Å²) in [5, 5.41) is 0. The molecule has 2 N–H and O–H groups in total. The Morgan fingerprint density at radius 3 is 1.75 bits per heavy atom. The molecule has 1 aliphatic carbocycles. The van der Waals surface area contributed by atoms with Crippen LogP contribution in [0.3, 0.4) is 0 Å². The molecule has 0 saturated heterocycles. The summed E-state index contributed by atoms with van der Waals surface area (Å²) in [4.78, 5) is 0. The summed E-state index contributed by atoms with van der Waals surface area (Å²) in [6.45, 7) is 0.645. The molecule has 0 amide bonds. The molecule has 4 heteroatoms. The van der Waals surface area contributed by atoms with E-state index in [9.17, 15) is 13.2 Å². The SMILES string of the molecule is NCC1(c2ccc(-c3ccc(C(F)(F)F)cc3)cc2)CCCCC1. The molecule has 24 heavy (non-hydrogen) atoms. The minimum Gasteiger partial charge on any atom is -0.330 e. The van der Waals surface area contributed by atoms with Crippen molar-refractivity contribution in [3.63, 3.8) is 0 Å². The normalized spacial score (nSPS) is 17.7. The zero-order valence-corrected chi connectivity index (χ0v) is 13.6. The van der Waals surface area contributed by atoms with E-state index in [1.54, 1.807) is 0 Å². The van der Waals surface area contributed by atoms with E-state index in [4.69, 9.17) is 5.73 Å². The van der Waals surface area contributed by atoms with E-state index in [0.29, 0.717) is 6.54 Å². The monoisotopic (exact) mass is 333 g/mol. The first-order chi connectivity index (χ1) is 11.4. The fourth-order valence-electron chi connectivity index (χ4n) is 3.71. The van der Waals surface area contributed by atoms with E-state index in [1.807, 2.05) is 12.1 Å². The summed E-state index contributed by atoms with van der Waals surface area (Å²) in [5.41, 5.74) is 8.49. The van der Waals surface area contributed by atoms with Crippen molar-refractivity contribution < 1.29 is 13.2 Å². The third-order valence-electron chi connectivity index (χ3n) is 5.24. The predicted molar refractivity (Wildman–Crippen MR) is 90.7 cm³/mol. The van der Waals surface area contributed by atoms with Crippen molar-refractivity contribution >= 4 is 0 Å². The molecule has 0 aliphatic heterocycles. The summed E-state index contributed by atoms with van der Waals surface area (Å²) in [5.74, 6) is 0. The van der Waals surface area contributed by atoms with Crippen LogP contribution in [0.5, 0.6) is 0 Å². The summed E-state index contributed by atoms with van der Waals surface area (Å²) >= 11 is 0. The van der Waals surface area contributed by atoms with Crippen molar-refractivity contribution in [1.29, 1.82) is 0 Å². The van der Waals surface area contributed by atoms with Crippen molar-refractivity contribution in [2.75, 3.05) is 6.54 Å². The molecule has 128 valence electrons. The first-order valence-corrected chi connectivity index (χ1v) is 8.43. The second kappa shape index (κ2) is 6.60. The highest BCUT2D eigenvalue weighted by atomic mass is 19.4. The van der Waals surface area contributed by atoms with Gasteiger partial charge in [-0.15, -0.1) is 0 Å². The molecule has 2 aromatic carbocycles. The van der Waals surface area contributed by atoms with E-state index >= 15 is 0 Å². The van der Waals surface area contributed by atoms with Gasteiger partial charge in [0.15, 0.2) is 0 Å². The first-order valence-electron chi connectivity index (χ1n) is 8.43. The van der Waals surface area contributed by atoms with Gasteiger partial charge in [-0.25, -0.2) is 0 Å². The second-order valence-electron chi connectivity index (χ2n) is 6.70. The Morgan fingerprint density at radius 2 is 1.29 bits per heavy atom. The lowest BCUT2D eigenvalue weighted by Gasteiger charge is -2.37. The van der Waals surface area contributed by atoms with Crippen molar-refractivity contribution in [3.05, 3.63) is 59.7 Å². The quantitative estimate of drug-likeness (QED) is 0.785. The van der Waals surface area contributed by atoms with Gasteiger partial charge in [-0.1, -0.05) is 55.7 Å². The zero-order valence-electron chi connectivity index (χ0n) is 13.6. The van der Waals surface area contributed by atoms with E-state index in [-0.39, 0.29) is 5.41 Å². The smallest absolute Gasteiger partial charge is 0.330 e. The highest BCUT2D eigenvalue weighted by Crippen LogP contribution is 2.39. The van der Waals surface area contributed by atoms with Gasteiger partial charge in [0.1, 0.15) is 0 Å². The third-order valence-corrected chi connectivity index (χ3v) is 5.24. The fourth-order valence-corrected chi connectivity index (χ4v) is 3.71. The molecule has 1 nitrogen and oxygen atoms in total. The Kier molecular flexibility index (Phi) is 4.68. The zero-order chi connectivity index (χ0) is 17.2. The average Bonchev–Trinajstić information content (AvgIpc) is 2.62. The van der Waals surface area contributed by atoms with Crippen LogP contribution in [0.2, 0.25) is 0 Å². The van der Waals surface area contributed by atoms with E-state index in [0.717, 1.165) is 36.1 Å². The fraction of sp³-hybridized carbons (Fsp3) is 0.400. The molecule has 0 aromatic heterocycles. The van der Waals surface area contributed by atoms with Crippen LogP contribution >= 0.6 is 0 Å². The van der Waals surface area contributed by atoms with Gasteiger partial charge in [0, 0.05) is 12.0 Å². The molecule has 0 atom stereocenters. The van der Waals surface area contributed by atoms with Crippen molar-refractivity contribution in [3.8, 4) is 11.1 Å². The summed E-state index contributed by atoms with van der Waals surface area (Å²) < 4.78 is 38.0. The Balaban J connectivity index is 1.84. The summed E-state index contributed by atoms with van der Waals surface area (Å²) in [6, 6.07) is 13.5. The maximum Gasteiger partial charge on any atom is 0.416 e. The van der Waals surface area contributed by atoms with Crippen molar-refractivity contribution in [1.82, 2.24) is 0 Å². The summed E-state index contributed by atoms with van der Waals surface area (Å²) in [6.07, 6.45) is 1.62. The van der Waals surface area contributed by atoms with Crippen molar-refractivity contribution in [2.45, 2.75) is 43.7 Å². The van der Waals surface area contributed by atoms with Gasteiger partial charge >= 0.3 is 6.18 Å². The van der Waals surface area contributed by atoms with Crippen LogP contribution < -0.4 is 5.73 Å². The average molecular weight is 333 g/mol. The van der Waals surface area contributed by atoms with Crippen LogP contribution in [-0.2, 0) is 11.6 Å². The number of rotatable bonds is 3. The van der Waals surface area contributed by atoms with Gasteiger partial charge < -0.3 is 5.73 Å². The number of nitrogens with two attached hydrogens (primary N) is 1. The van der Waals surface area contributed by atoms with E-state index in [2.05, 4.69) is 12.1 Å². The van der Waals surface area contributed by atoms with Gasteiger partial charge in [-0.2, -0.15) is 13.2 Å². The number of hydrogen-bond donors (Lipinski definition) is 1. The Hall–Kier alpha value is -1.81. The van der Waals surface area contributed by atoms with Crippen LogP contribution in [0.15, 0.2) is 48.5 Å². The number of hydrogen-bond acceptors (Lipinski definition) is 1. The van der Waals surface area contributed by atoms with Gasteiger partial charge in [-0.3, -0.25) is 0 Å². The molecular weight excluding hydrogens is 311 g/mol. The number of halogens is 3. The Labute approximate surface area is 140 Å². The Morgan fingerprint density at radius 1 is 0.792 bits per heavy atom.